The van der Waals surface area contributed by atoms with E-state index in [0.717, 1.165) is 18.9 Å². The second-order valence-electron chi connectivity index (χ2n) is 5.24. The van der Waals surface area contributed by atoms with E-state index < -0.39 is 14.6 Å². The van der Waals surface area contributed by atoms with E-state index in [1.165, 1.54) is 12.7 Å². The molecule has 0 saturated carbocycles. The zero-order chi connectivity index (χ0) is 12.1. The number of hydrogen-bond donors (Lipinski definition) is 1. The van der Waals surface area contributed by atoms with Crippen molar-refractivity contribution in [3.8, 4) is 0 Å². The molecule has 0 aromatic rings. The molecule has 0 saturated heterocycles. The van der Waals surface area contributed by atoms with Crippen LogP contribution >= 0.6 is 0 Å². The van der Waals surface area contributed by atoms with Gasteiger partial charge in [0, 0.05) is 12.8 Å². The van der Waals surface area contributed by atoms with Gasteiger partial charge in [-0.05, 0) is 39.2 Å². The Morgan fingerprint density at radius 2 is 1.80 bits per heavy atom. The standard InChI is InChI=1S/C11H25NO2S/c1-10(2)7-6-8-12-9-11(3,4)15(5,13)14/h10,12H,6-9H2,1-5H3. The number of nitrogens with one attached hydrogen (secondary N) is 1. The fourth-order valence-corrected chi connectivity index (χ4v) is 1.52. The summed E-state index contributed by atoms with van der Waals surface area (Å²) in [5, 5.41) is 3.21. The van der Waals surface area contributed by atoms with Crippen molar-refractivity contribution in [3.63, 3.8) is 0 Å². The van der Waals surface area contributed by atoms with Crippen LogP contribution < -0.4 is 5.32 Å². The summed E-state index contributed by atoms with van der Waals surface area (Å²) in [6.45, 7) is 9.34. The smallest absolute Gasteiger partial charge is 0.153 e. The summed E-state index contributed by atoms with van der Waals surface area (Å²) < 4.78 is 22.1. The lowest BCUT2D eigenvalue weighted by atomic mass is 10.1. The van der Waals surface area contributed by atoms with Crippen LogP contribution in [-0.4, -0.2) is 32.5 Å². The van der Waals surface area contributed by atoms with Crippen LogP contribution in [0.15, 0.2) is 0 Å². The minimum atomic E-state index is -2.97. The molecular formula is C11H25NO2S. The van der Waals surface area contributed by atoms with Gasteiger partial charge in [-0.2, -0.15) is 0 Å². The van der Waals surface area contributed by atoms with Gasteiger partial charge in [-0.3, -0.25) is 0 Å². The Morgan fingerprint density at radius 3 is 2.20 bits per heavy atom. The highest BCUT2D eigenvalue weighted by Crippen LogP contribution is 2.13. The zero-order valence-corrected chi connectivity index (χ0v) is 11.4. The third-order valence-electron chi connectivity index (χ3n) is 2.69. The normalized spacial score (nSPS) is 13.5. The summed E-state index contributed by atoms with van der Waals surface area (Å²) in [5.41, 5.74) is 0. The van der Waals surface area contributed by atoms with E-state index in [0.29, 0.717) is 6.54 Å². The lowest BCUT2D eigenvalue weighted by Gasteiger charge is -2.22. The molecule has 0 aromatic heterocycles. The molecule has 3 nitrogen and oxygen atoms in total. The quantitative estimate of drug-likeness (QED) is 0.685. The van der Waals surface area contributed by atoms with Gasteiger partial charge in [-0.25, -0.2) is 8.42 Å². The Hall–Kier alpha value is -0.0900. The van der Waals surface area contributed by atoms with Crippen molar-refractivity contribution in [1.29, 1.82) is 0 Å². The van der Waals surface area contributed by atoms with E-state index in [1.807, 2.05) is 0 Å². The van der Waals surface area contributed by atoms with Gasteiger partial charge in [0.25, 0.3) is 0 Å². The summed E-state index contributed by atoms with van der Waals surface area (Å²) in [6, 6.07) is 0. The molecule has 0 heterocycles. The van der Waals surface area contributed by atoms with Crippen molar-refractivity contribution in [2.45, 2.75) is 45.3 Å². The average molecular weight is 235 g/mol. The number of hydrogen-bond acceptors (Lipinski definition) is 3. The topological polar surface area (TPSA) is 46.2 Å². The van der Waals surface area contributed by atoms with E-state index in [1.54, 1.807) is 13.8 Å². The highest BCUT2D eigenvalue weighted by atomic mass is 32.2. The molecule has 0 aromatic carbocycles. The van der Waals surface area contributed by atoms with E-state index in [4.69, 9.17) is 0 Å². The summed E-state index contributed by atoms with van der Waals surface area (Å²) >= 11 is 0. The summed E-state index contributed by atoms with van der Waals surface area (Å²) in [7, 11) is -2.97. The summed E-state index contributed by atoms with van der Waals surface area (Å²) in [4.78, 5) is 0. The fourth-order valence-electron chi connectivity index (χ4n) is 1.16. The van der Waals surface area contributed by atoms with Gasteiger partial charge in [0.2, 0.25) is 0 Å². The minimum Gasteiger partial charge on any atom is -0.315 e. The fraction of sp³-hybridized carbons (Fsp3) is 1.00. The summed E-state index contributed by atoms with van der Waals surface area (Å²) in [5.74, 6) is 0.717. The van der Waals surface area contributed by atoms with Crippen LogP contribution in [0, 0.1) is 5.92 Å². The number of sulfone groups is 1. The molecule has 0 unspecified atom stereocenters. The second kappa shape index (κ2) is 5.85. The molecule has 92 valence electrons. The number of rotatable bonds is 7. The molecule has 0 atom stereocenters. The Bertz CT molecular complexity index is 268. The van der Waals surface area contributed by atoms with Crippen molar-refractivity contribution in [1.82, 2.24) is 5.32 Å². The van der Waals surface area contributed by atoms with Crippen molar-refractivity contribution in [2.75, 3.05) is 19.3 Å². The molecular weight excluding hydrogens is 210 g/mol. The van der Waals surface area contributed by atoms with Crippen LogP contribution in [0.4, 0.5) is 0 Å². The lowest BCUT2D eigenvalue weighted by molar-refractivity contribution is 0.492. The average Bonchev–Trinajstić information content (AvgIpc) is 2.00. The molecule has 0 spiro atoms. The molecule has 0 aliphatic rings. The first-order valence-electron chi connectivity index (χ1n) is 5.57. The minimum absolute atomic E-state index is 0.532. The molecule has 0 radical (unpaired) electrons. The highest BCUT2D eigenvalue weighted by molar-refractivity contribution is 7.92. The van der Waals surface area contributed by atoms with Gasteiger partial charge < -0.3 is 5.32 Å². The molecule has 1 N–H and O–H groups in total. The molecule has 4 heteroatoms. The monoisotopic (exact) mass is 235 g/mol. The van der Waals surface area contributed by atoms with Gasteiger partial charge in [0.1, 0.15) is 0 Å². The molecule has 15 heavy (non-hydrogen) atoms. The first-order chi connectivity index (χ1) is 6.67. The van der Waals surface area contributed by atoms with Crippen LogP contribution in [0.3, 0.4) is 0 Å². The van der Waals surface area contributed by atoms with Gasteiger partial charge in [-0.15, -0.1) is 0 Å². The Labute approximate surface area is 94.6 Å². The Kier molecular flexibility index (Phi) is 5.81. The van der Waals surface area contributed by atoms with Gasteiger partial charge in [-0.1, -0.05) is 13.8 Å². The molecule has 0 fully saturated rings. The molecule has 0 aliphatic carbocycles. The zero-order valence-electron chi connectivity index (χ0n) is 10.6. The lowest BCUT2D eigenvalue weighted by Crippen LogP contribution is -2.41. The van der Waals surface area contributed by atoms with Gasteiger partial charge >= 0.3 is 0 Å². The molecule has 0 bridgehead atoms. The first-order valence-corrected chi connectivity index (χ1v) is 7.46. The van der Waals surface area contributed by atoms with Gasteiger partial charge in [0.15, 0.2) is 9.84 Å². The summed E-state index contributed by atoms with van der Waals surface area (Å²) in [6.07, 6.45) is 3.59. The highest BCUT2D eigenvalue weighted by Gasteiger charge is 2.29. The van der Waals surface area contributed by atoms with Crippen molar-refractivity contribution in [3.05, 3.63) is 0 Å². The van der Waals surface area contributed by atoms with E-state index in [2.05, 4.69) is 19.2 Å². The van der Waals surface area contributed by atoms with Crippen molar-refractivity contribution >= 4 is 9.84 Å². The van der Waals surface area contributed by atoms with Gasteiger partial charge in [0.05, 0.1) is 4.75 Å². The maximum atomic E-state index is 11.4. The Morgan fingerprint density at radius 1 is 1.27 bits per heavy atom. The first kappa shape index (κ1) is 14.9. The third-order valence-corrected chi connectivity index (χ3v) is 4.84. The second-order valence-corrected chi connectivity index (χ2v) is 7.89. The maximum absolute atomic E-state index is 11.4. The SMILES string of the molecule is CC(C)CCCNCC(C)(C)S(C)(=O)=O. The van der Waals surface area contributed by atoms with E-state index >= 15 is 0 Å². The molecule has 0 aliphatic heterocycles. The largest absolute Gasteiger partial charge is 0.315 e. The van der Waals surface area contributed by atoms with E-state index in [-0.39, 0.29) is 0 Å². The van der Waals surface area contributed by atoms with Crippen LogP contribution in [0.1, 0.15) is 40.5 Å². The van der Waals surface area contributed by atoms with Crippen LogP contribution in [-0.2, 0) is 9.84 Å². The van der Waals surface area contributed by atoms with Crippen LogP contribution in [0.2, 0.25) is 0 Å². The predicted octanol–water partition coefficient (Wildman–Crippen LogP) is 1.84. The predicted molar refractivity (Wildman–Crippen MR) is 65.9 cm³/mol. The molecule has 0 amide bonds. The Balaban J connectivity index is 3.78. The third kappa shape index (κ3) is 6.15. The van der Waals surface area contributed by atoms with Crippen molar-refractivity contribution in [2.24, 2.45) is 5.92 Å². The van der Waals surface area contributed by atoms with E-state index in [9.17, 15) is 8.42 Å². The van der Waals surface area contributed by atoms with Crippen molar-refractivity contribution < 1.29 is 8.42 Å². The van der Waals surface area contributed by atoms with Crippen LogP contribution in [0.5, 0.6) is 0 Å². The molecule has 0 rings (SSSR count). The van der Waals surface area contributed by atoms with Crippen LogP contribution in [0.25, 0.3) is 0 Å². The maximum Gasteiger partial charge on any atom is 0.153 e.